The minimum atomic E-state index is -1.06. The number of hydrogen-bond donors (Lipinski definition) is 2. The minimum Gasteiger partial charge on any atom is -0.494 e. The molecule has 2 aromatic carbocycles. The SMILES string of the molecule is COc1cccc(CCC(=O)Nc2ccc(OCC(=O)O)cc2C)c1F. The lowest BCUT2D eigenvalue weighted by Crippen LogP contribution is -2.14. The van der Waals surface area contributed by atoms with Crippen molar-refractivity contribution >= 4 is 17.6 Å². The van der Waals surface area contributed by atoms with E-state index < -0.39 is 18.4 Å². The van der Waals surface area contributed by atoms with Gasteiger partial charge in [-0.15, -0.1) is 0 Å². The van der Waals surface area contributed by atoms with E-state index in [9.17, 15) is 14.0 Å². The summed E-state index contributed by atoms with van der Waals surface area (Å²) in [5.74, 6) is -1.23. The molecule has 2 rings (SSSR count). The summed E-state index contributed by atoms with van der Waals surface area (Å²) < 4.78 is 24.1. The number of rotatable bonds is 8. The van der Waals surface area contributed by atoms with Gasteiger partial charge in [0.1, 0.15) is 5.75 Å². The Labute approximate surface area is 150 Å². The van der Waals surface area contributed by atoms with Crippen molar-refractivity contribution < 1.29 is 28.6 Å². The van der Waals surface area contributed by atoms with Crippen molar-refractivity contribution in [3.63, 3.8) is 0 Å². The lowest BCUT2D eigenvalue weighted by Gasteiger charge is -2.11. The van der Waals surface area contributed by atoms with Crippen LogP contribution in [0.2, 0.25) is 0 Å². The van der Waals surface area contributed by atoms with Crippen LogP contribution in [0.15, 0.2) is 36.4 Å². The summed E-state index contributed by atoms with van der Waals surface area (Å²) in [6.45, 7) is 1.34. The van der Waals surface area contributed by atoms with Gasteiger partial charge in [0.15, 0.2) is 18.2 Å². The Hall–Kier alpha value is -3.09. The van der Waals surface area contributed by atoms with Crippen molar-refractivity contribution in [3.05, 3.63) is 53.3 Å². The third-order valence-electron chi connectivity index (χ3n) is 3.72. The molecule has 0 unspecified atom stereocenters. The molecule has 0 atom stereocenters. The summed E-state index contributed by atoms with van der Waals surface area (Å²) in [5, 5.41) is 11.4. The van der Waals surface area contributed by atoms with Crippen molar-refractivity contribution in [1.82, 2.24) is 0 Å². The topological polar surface area (TPSA) is 84.9 Å². The Bertz CT molecular complexity index is 807. The molecule has 26 heavy (non-hydrogen) atoms. The van der Waals surface area contributed by atoms with Crippen molar-refractivity contribution in [2.75, 3.05) is 19.0 Å². The van der Waals surface area contributed by atoms with Crippen LogP contribution in [-0.2, 0) is 16.0 Å². The third-order valence-corrected chi connectivity index (χ3v) is 3.72. The van der Waals surface area contributed by atoms with Crippen LogP contribution < -0.4 is 14.8 Å². The highest BCUT2D eigenvalue weighted by Crippen LogP contribution is 2.23. The maximum Gasteiger partial charge on any atom is 0.341 e. The van der Waals surface area contributed by atoms with Gasteiger partial charge in [0.05, 0.1) is 7.11 Å². The van der Waals surface area contributed by atoms with Crippen LogP contribution in [0.1, 0.15) is 17.5 Å². The van der Waals surface area contributed by atoms with Crippen LogP contribution in [0.25, 0.3) is 0 Å². The summed E-state index contributed by atoms with van der Waals surface area (Å²) in [6, 6.07) is 9.67. The van der Waals surface area contributed by atoms with Gasteiger partial charge in [-0.1, -0.05) is 12.1 Å². The van der Waals surface area contributed by atoms with Gasteiger partial charge in [0.25, 0.3) is 0 Å². The molecule has 0 aliphatic heterocycles. The van der Waals surface area contributed by atoms with Gasteiger partial charge in [-0.25, -0.2) is 9.18 Å². The third kappa shape index (κ3) is 5.20. The molecule has 0 fully saturated rings. The molecule has 0 saturated carbocycles. The van der Waals surface area contributed by atoms with E-state index in [1.807, 2.05) is 0 Å². The van der Waals surface area contributed by atoms with Gasteiger partial charge in [-0.2, -0.15) is 0 Å². The van der Waals surface area contributed by atoms with E-state index in [-0.39, 0.29) is 24.5 Å². The second kappa shape index (κ2) is 8.84. The number of methoxy groups -OCH3 is 1. The quantitative estimate of drug-likeness (QED) is 0.754. The summed E-state index contributed by atoms with van der Waals surface area (Å²) in [7, 11) is 1.39. The number of carboxylic acids is 1. The molecule has 0 spiro atoms. The summed E-state index contributed by atoms with van der Waals surface area (Å²) in [4.78, 5) is 22.6. The number of carbonyl (C=O) groups excluding carboxylic acids is 1. The van der Waals surface area contributed by atoms with Gasteiger partial charge < -0.3 is 19.9 Å². The number of aliphatic carboxylic acids is 1. The number of nitrogens with one attached hydrogen (secondary N) is 1. The first-order chi connectivity index (χ1) is 12.4. The minimum absolute atomic E-state index is 0.112. The van der Waals surface area contributed by atoms with Crippen molar-refractivity contribution in [2.24, 2.45) is 0 Å². The first-order valence-corrected chi connectivity index (χ1v) is 7.97. The Morgan fingerprint density at radius 3 is 2.65 bits per heavy atom. The summed E-state index contributed by atoms with van der Waals surface area (Å²) in [5.41, 5.74) is 1.73. The van der Waals surface area contributed by atoms with Crippen LogP contribution >= 0.6 is 0 Å². The van der Waals surface area contributed by atoms with Gasteiger partial charge in [0.2, 0.25) is 5.91 Å². The van der Waals surface area contributed by atoms with E-state index in [0.29, 0.717) is 17.0 Å². The molecule has 6 nitrogen and oxygen atoms in total. The smallest absolute Gasteiger partial charge is 0.341 e. The number of anilines is 1. The van der Waals surface area contributed by atoms with E-state index in [1.165, 1.54) is 13.2 Å². The second-order valence-corrected chi connectivity index (χ2v) is 5.64. The molecule has 2 aromatic rings. The fourth-order valence-electron chi connectivity index (χ4n) is 2.38. The zero-order valence-electron chi connectivity index (χ0n) is 14.5. The van der Waals surface area contributed by atoms with Crippen molar-refractivity contribution in [3.8, 4) is 11.5 Å². The molecule has 0 heterocycles. The Morgan fingerprint density at radius 1 is 1.23 bits per heavy atom. The molecule has 1 amide bonds. The lowest BCUT2D eigenvalue weighted by molar-refractivity contribution is -0.139. The van der Waals surface area contributed by atoms with Crippen LogP contribution in [0.4, 0.5) is 10.1 Å². The molecular weight excluding hydrogens is 341 g/mol. The number of ether oxygens (including phenoxy) is 2. The van der Waals surface area contributed by atoms with E-state index in [2.05, 4.69) is 5.32 Å². The fraction of sp³-hybridized carbons (Fsp3) is 0.263. The summed E-state index contributed by atoms with van der Waals surface area (Å²) in [6.07, 6.45) is 0.356. The number of carboxylic acid groups (broad SMARTS) is 1. The van der Waals surface area contributed by atoms with Crippen LogP contribution in [-0.4, -0.2) is 30.7 Å². The van der Waals surface area contributed by atoms with Crippen molar-refractivity contribution in [2.45, 2.75) is 19.8 Å². The van der Waals surface area contributed by atoms with E-state index in [4.69, 9.17) is 14.6 Å². The lowest BCUT2D eigenvalue weighted by atomic mass is 10.1. The number of aryl methyl sites for hydroxylation is 2. The van der Waals surface area contributed by atoms with Gasteiger partial charge in [0, 0.05) is 12.1 Å². The molecular formula is C19H20FNO5. The number of hydrogen-bond acceptors (Lipinski definition) is 4. The largest absolute Gasteiger partial charge is 0.494 e. The molecule has 2 N–H and O–H groups in total. The van der Waals surface area contributed by atoms with Gasteiger partial charge in [-0.3, -0.25) is 4.79 Å². The molecule has 138 valence electrons. The molecule has 0 saturated heterocycles. The Balaban J connectivity index is 1.94. The predicted molar refractivity (Wildman–Crippen MR) is 94.2 cm³/mol. The fourth-order valence-corrected chi connectivity index (χ4v) is 2.38. The first-order valence-electron chi connectivity index (χ1n) is 7.97. The number of benzene rings is 2. The Morgan fingerprint density at radius 2 is 2.00 bits per heavy atom. The highest BCUT2D eigenvalue weighted by Gasteiger charge is 2.11. The number of halogens is 1. The standard InChI is InChI=1S/C19H20FNO5/c1-12-10-14(26-11-18(23)24)7-8-15(12)21-17(22)9-6-13-4-3-5-16(25-2)19(13)20/h3-5,7-8,10H,6,9,11H2,1-2H3,(H,21,22)(H,23,24). The predicted octanol–water partition coefficient (Wildman–Crippen LogP) is 3.18. The molecule has 0 radical (unpaired) electrons. The van der Waals surface area contributed by atoms with Crippen LogP contribution in [0.3, 0.4) is 0 Å². The molecule has 7 heteroatoms. The zero-order chi connectivity index (χ0) is 19.1. The van der Waals surface area contributed by atoms with Crippen molar-refractivity contribution in [1.29, 1.82) is 0 Å². The van der Waals surface area contributed by atoms with Crippen LogP contribution in [0, 0.1) is 12.7 Å². The van der Waals surface area contributed by atoms with E-state index in [1.54, 1.807) is 37.3 Å². The molecule has 0 aliphatic carbocycles. The zero-order valence-corrected chi connectivity index (χ0v) is 14.5. The average molecular weight is 361 g/mol. The first kappa shape index (κ1) is 19.2. The maximum atomic E-state index is 14.1. The summed E-state index contributed by atoms with van der Waals surface area (Å²) >= 11 is 0. The number of amides is 1. The normalized spacial score (nSPS) is 10.3. The molecule has 0 aromatic heterocycles. The highest BCUT2D eigenvalue weighted by molar-refractivity contribution is 5.91. The maximum absolute atomic E-state index is 14.1. The molecule has 0 aliphatic rings. The number of carbonyl (C=O) groups is 2. The van der Waals surface area contributed by atoms with Crippen LogP contribution in [0.5, 0.6) is 11.5 Å². The van der Waals surface area contributed by atoms with Gasteiger partial charge in [-0.05, 0) is 48.7 Å². The highest BCUT2D eigenvalue weighted by atomic mass is 19.1. The second-order valence-electron chi connectivity index (χ2n) is 5.64. The monoisotopic (exact) mass is 361 g/mol. The average Bonchev–Trinajstić information content (AvgIpc) is 2.61. The Kier molecular flexibility index (Phi) is 6.54. The van der Waals surface area contributed by atoms with E-state index in [0.717, 1.165) is 5.56 Å². The van der Waals surface area contributed by atoms with Gasteiger partial charge >= 0.3 is 5.97 Å². The molecule has 0 bridgehead atoms. The van der Waals surface area contributed by atoms with E-state index >= 15 is 0 Å².